The van der Waals surface area contributed by atoms with Gasteiger partial charge in [0, 0.05) is 5.69 Å². The summed E-state index contributed by atoms with van der Waals surface area (Å²) in [6, 6.07) is 11.4. The van der Waals surface area contributed by atoms with Crippen LogP contribution in [0, 0.1) is 19.8 Å². The molecule has 1 aromatic carbocycles. The Morgan fingerprint density at radius 1 is 1.18 bits per heavy atom. The van der Waals surface area contributed by atoms with E-state index in [0.29, 0.717) is 5.92 Å². The number of H-pyrrole nitrogens is 1. The molecule has 0 saturated heterocycles. The number of amides is 1. The predicted octanol–water partition coefficient (Wildman–Crippen LogP) is 2.87. The number of benzene rings is 1. The predicted molar refractivity (Wildman–Crippen MR) is 85.9 cm³/mol. The summed E-state index contributed by atoms with van der Waals surface area (Å²) in [6.45, 7) is 3.85. The minimum absolute atomic E-state index is 0.0191. The summed E-state index contributed by atoms with van der Waals surface area (Å²) < 4.78 is 0. The van der Waals surface area contributed by atoms with Gasteiger partial charge in [0.2, 0.25) is 0 Å². The monoisotopic (exact) mass is 296 g/mol. The second-order valence-corrected chi connectivity index (χ2v) is 6.03. The van der Waals surface area contributed by atoms with E-state index in [4.69, 9.17) is 0 Å². The molecule has 1 saturated carbocycles. The fourth-order valence-corrected chi connectivity index (χ4v) is 2.78. The minimum Gasteiger partial charge on any atom is -0.345 e. The maximum Gasteiger partial charge on any atom is 0.260 e. The maximum absolute atomic E-state index is 12.5. The maximum atomic E-state index is 12.5. The summed E-state index contributed by atoms with van der Waals surface area (Å²) in [4.78, 5) is 27.1. The third-order valence-electron chi connectivity index (χ3n) is 4.20. The molecular weight excluding hydrogens is 276 g/mol. The second kappa shape index (κ2) is 5.79. The van der Waals surface area contributed by atoms with Gasteiger partial charge in [-0.1, -0.05) is 24.3 Å². The van der Waals surface area contributed by atoms with Crippen LogP contribution < -0.4 is 10.9 Å². The number of hydrogen-bond acceptors (Lipinski definition) is 2. The standard InChI is InChI=1S/C18H20N2O2/c1-11-5-3-4-6-14(11)16(13-8-9-13)20-18(22)15-10-7-12(2)19-17(15)21/h3-7,10,13,16H,8-9H2,1-2H3,(H,19,21)(H,20,22)/t16-/m1/s1. The van der Waals surface area contributed by atoms with Gasteiger partial charge < -0.3 is 10.3 Å². The van der Waals surface area contributed by atoms with Crippen molar-refractivity contribution >= 4 is 5.91 Å². The van der Waals surface area contributed by atoms with Crippen molar-refractivity contribution in [2.75, 3.05) is 0 Å². The second-order valence-electron chi connectivity index (χ2n) is 6.03. The summed E-state index contributed by atoms with van der Waals surface area (Å²) in [5.41, 5.74) is 2.89. The van der Waals surface area contributed by atoms with Crippen LogP contribution in [0.15, 0.2) is 41.2 Å². The molecule has 1 atom stereocenters. The molecule has 4 heteroatoms. The largest absolute Gasteiger partial charge is 0.345 e. The number of aryl methyl sites for hydroxylation is 2. The Hall–Kier alpha value is -2.36. The summed E-state index contributed by atoms with van der Waals surface area (Å²) >= 11 is 0. The van der Waals surface area contributed by atoms with E-state index in [2.05, 4.69) is 29.4 Å². The van der Waals surface area contributed by atoms with Gasteiger partial charge in [0.25, 0.3) is 11.5 Å². The van der Waals surface area contributed by atoms with Gasteiger partial charge >= 0.3 is 0 Å². The fraction of sp³-hybridized carbons (Fsp3) is 0.333. The number of carbonyl (C=O) groups excluding carboxylic acids is 1. The van der Waals surface area contributed by atoms with Gasteiger partial charge in [-0.05, 0) is 55.9 Å². The number of hydrogen-bond donors (Lipinski definition) is 2. The molecule has 1 aromatic heterocycles. The highest BCUT2D eigenvalue weighted by atomic mass is 16.2. The molecule has 0 radical (unpaired) electrons. The highest BCUT2D eigenvalue weighted by Gasteiger charge is 2.34. The summed E-state index contributed by atoms with van der Waals surface area (Å²) in [6.07, 6.45) is 2.23. The van der Waals surface area contributed by atoms with Crippen molar-refractivity contribution in [3.8, 4) is 0 Å². The Morgan fingerprint density at radius 2 is 1.91 bits per heavy atom. The van der Waals surface area contributed by atoms with Crippen molar-refractivity contribution in [3.63, 3.8) is 0 Å². The van der Waals surface area contributed by atoms with Crippen LogP contribution in [0.3, 0.4) is 0 Å². The normalized spacial score (nSPS) is 15.4. The van der Waals surface area contributed by atoms with E-state index in [1.807, 2.05) is 12.1 Å². The molecule has 0 unspecified atom stereocenters. The van der Waals surface area contributed by atoms with Crippen LogP contribution in [0.2, 0.25) is 0 Å². The van der Waals surface area contributed by atoms with Gasteiger partial charge in [0.15, 0.2) is 0 Å². The lowest BCUT2D eigenvalue weighted by Crippen LogP contribution is -2.34. The number of nitrogens with one attached hydrogen (secondary N) is 2. The Kier molecular flexibility index (Phi) is 3.84. The Bertz CT molecular complexity index is 760. The van der Waals surface area contributed by atoms with E-state index >= 15 is 0 Å². The first-order chi connectivity index (χ1) is 10.6. The molecule has 0 bridgehead atoms. The van der Waals surface area contributed by atoms with E-state index in [-0.39, 0.29) is 23.1 Å². The van der Waals surface area contributed by atoms with Crippen LogP contribution >= 0.6 is 0 Å². The van der Waals surface area contributed by atoms with Crippen LogP contribution in [0.25, 0.3) is 0 Å². The van der Waals surface area contributed by atoms with Crippen molar-refractivity contribution < 1.29 is 4.79 Å². The zero-order chi connectivity index (χ0) is 15.7. The van der Waals surface area contributed by atoms with Crippen molar-refractivity contribution in [1.82, 2.24) is 10.3 Å². The third-order valence-corrected chi connectivity index (χ3v) is 4.20. The van der Waals surface area contributed by atoms with Gasteiger partial charge in [-0.2, -0.15) is 0 Å². The van der Waals surface area contributed by atoms with E-state index in [1.54, 1.807) is 19.1 Å². The zero-order valence-electron chi connectivity index (χ0n) is 12.8. The number of rotatable bonds is 4. The average Bonchev–Trinajstić information content (AvgIpc) is 3.30. The highest BCUT2D eigenvalue weighted by Crippen LogP contribution is 2.41. The third kappa shape index (κ3) is 2.96. The van der Waals surface area contributed by atoms with Crippen LogP contribution in [0.4, 0.5) is 0 Å². The van der Waals surface area contributed by atoms with Gasteiger partial charge in [0.05, 0.1) is 6.04 Å². The number of carbonyl (C=O) groups is 1. The first-order valence-electron chi connectivity index (χ1n) is 7.62. The zero-order valence-corrected chi connectivity index (χ0v) is 12.8. The van der Waals surface area contributed by atoms with Gasteiger partial charge in [0.1, 0.15) is 5.56 Å². The first-order valence-corrected chi connectivity index (χ1v) is 7.62. The quantitative estimate of drug-likeness (QED) is 0.911. The molecule has 114 valence electrons. The van der Waals surface area contributed by atoms with Gasteiger partial charge in [-0.25, -0.2) is 0 Å². The van der Waals surface area contributed by atoms with Crippen molar-refractivity contribution in [3.05, 3.63) is 69.1 Å². The van der Waals surface area contributed by atoms with Gasteiger partial charge in [-0.3, -0.25) is 9.59 Å². The van der Waals surface area contributed by atoms with Crippen molar-refractivity contribution in [2.24, 2.45) is 5.92 Å². The highest BCUT2D eigenvalue weighted by molar-refractivity contribution is 5.94. The molecule has 4 nitrogen and oxygen atoms in total. The molecule has 1 aliphatic carbocycles. The lowest BCUT2D eigenvalue weighted by atomic mass is 9.97. The van der Waals surface area contributed by atoms with Crippen molar-refractivity contribution in [2.45, 2.75) is 32.7 Å². The lowest BCUT2D eigenvalue weighted by molar-refractivity contribution is 0.0930. The van der Waals surface area contributed by atoms with E-state index < -0.39 is 0 Å². The number of aromatic amines is 1. The minimum atomic E-state index is -0.336. The summed E-state index contributed by atoms with van der Waals surface area (Å²) in [7, 11) is 0. The molecule has 0 aliphatic heterocycles. The fourth-order valence-electron chi connectivity index (χ4n) is 2.78. The Morgan fingerprint density at radius 3 is 2.55 bits per heavy atom. The van der Waals surface area contributed by atoms with Gasteiger partial charge in [-0.15, -0.1) is 0 Å². The van der Waals surface area contributed by atoms with Crippen molar-refractivity contribution in [1.29, 1.82) is 0 Å². The SMILES string of the molecule is Cc1ccc(C(=O)N[C@@H](c2ccccc2C)C2CC2)c(=O)[nH]1. The molecule has 1 fully saturated rings. The number of pyridine rings is 1. The number of aromatic nitrogens is 1. The van der Waals surface area contributed by atoms with E-state index in [9.17, 15) is 9.59 Å². The molecule has 2 aromatic rings. The van der Waals surface area contributed by atoms with Crippen LogP contribution in [0.1, 0.15) is 46.1 Å². The smallest absolute Gasteiger partial charge is 0.260 e. The average molecular weight is 296 g/mol. The molecule has 22 heavy (non-hydrogen) atoms. The molecule has 2 N–H and O–H groups in total. The molecule has 0 spiro atoms. The van der Waals surface area contributed by atoms with Crippen LogP contribution in [0.5, 0.6) is 0 Å². The van der Waals surface area contributed by atoms with E-state index in [0.717, 1.165) is 29.7 Å². The van der Waals surface area contributed by atoms with Crippen LogP contribution in [-0.2, 0) is 0 Å². The Balaban J connectivity index is 1.87. The molecule has 1 aliphatic rings. The Labute approximate surface area is 129 Å². The molecular formula is C18H20N2O2. The molecule has 1 heterocycles. The summed E-state index contributed by atoms with van der Waals surface area (Å²) in [5.74, 6) is 0.163. The van der Waals surface area contributed by atoms with E-state index in [1.165, 1.54) is 0 Å². The lowest BCUT2D eigenvalue weighted by Gasteiger charge is -2.20. The summed E-state index contributed by atoms with van der Waals surface area (Å²) in [5, 5.41) is 3.05. The topological polar surface area (TPSA) is 62.0 Å². The first kappa shape index (κ1) is 14.6. The molecule has 3 rings (SSSR count). The molecule has 1 amide bonds. The van der Waals surface area contributed by atoms with Crippen LogP contribution in [-0.4, -0.2) is 10.9 Å².